The van der Waals surface area contributed by atoms with Crippen molar-refractivity contribution in [3.8, 4) is 5.75 Å². The number of anilines is 1. The summed E-state index contributed by atoms with van der Waals surface area (Å²) in [6.45, 7) is 2.38. The van der Waals surface area contributed by atoms with Gasteiger partial charge in [-0.3, -0.25) is 4.79 Å². The smallest absolute Gasteiger partial charge is 0.194 e. The molecule has 17 heavy (non-hydrogen) atoms. The van der Waals surface area contributed by atoms with Crippen LogP contribution in [0.2, 0.25) is 0 Å². The van der Waals surface area contributed by atoms with Gasteiger partial charge in [0.2, 0.25) is 0 Å². The van der Waals surface area contributed by atoms with Crippen molar-refractivity contribution in [3.05, 3.63) is 23.5 Å². The van der Waals surface area contributed by atoms with E-state index in [-0.39, 0.29) is 11.5 Å². The number of ketones is 1. The van der Waals surface area contributed by atoms with Crippen LogP contribution < -0.4 is 4.90 Å². The second-order valence-electron chi connectivity index (χ2n) is 4.47. The zero-order chi connectivity index (χ0) is 12.2. The minimum absolute atomic E-state index is 0.0972. The molecule has 4 heteroatoms. The predicted molar refractivity (Wildman–Crippen MR) is 64.9 cm³/mol. The molecule has 3 rings (SSSR count). The number of fused-ring (bicyclic) bond motifs is 3. The monoisotopic (exact) mass is 231 g/mol. The summed E-state index contributed by atoms with van der Waals surface area (Å²) in [6.07, 6.45) is 0.916. The van der Waals surface area contributed by atoms with Gasteiger partial charge >= 0.3 is 0 Å². The third-order valence-corrected chi connectivity index (χ3v) is 3.33. The summed E-state index contributed by atoms with van der Waals surface area (Å²) in [5.41, 5.74) is 2.59. The molecule has 1 N–H and O–H groups in total. The van der Waals surface area contributed by atoms with Gasteiger partial charge in [-0.1, -0.05) is 0 Å². The summed E-state index contributed by atoms with van der Waals surface area (Å²) in [5.74, 6) is 0.277. The van der Waals surface area contributed by atoms with E-state index in [0.29, 0.717) is 11.3 Å². The summed E-state index contributed by atoms with van der Waals surface area (Å²) in [6, 6.07) is 3.44. The van der Waals surface area contributed by atoms with Gasteiger partial charge in [-0.2, -0.15) is 0 Å². The quantitative estimate of drug-likeness (QED) is 0.765. The Morgan fingerprint density at radius 3 is 2.94 bits per heavy atom. The van der Waals surface area contributed by atoms with E-state index in [4.69, 9.17) is 4.42 Å². The molecule has 1 aliphatic rings. The van der Waals surface area contributed by atoms with Gasteiger partial charge in [-0.15, -0.1) is 0 Å². The fourth-order valence-electron chi connectivity index (χ4n) is 2.40. The Balaban J connectivity index is 2.35. The lowest BCUT2D eigenvalue weighted by Gasteiger charge is -2.11. The first-order chi connectivity index (χ1) is 8.08. The number of phenols is 1. The van der Waals surface area contributed by atoms with Crippen LogP contribution in [0.1, 0.15) is 23.0 Å². The normalized spacial score (nSPS) is 14.4. The third-order valence-electron chi connectivity index (χ3n) is 3.33. The number of likely N-dealkylation sites (N-methyl/N-ethyl adjacent to an activating group) is 1. The van der Waals surface area contributed by atoms with E-state index in [1.165, 1.54) is 6.92 Å². The largest absolute Gasteiger partial charge is 0.504 e. The van der Waals surface area contributed by atoms with Crippen LogP contribution in [0.3, 0.4) is 0 Å². The van der Waals surface area contributed by atoms with Gasteiger partial charge in [-0.05, 0) is 18.1 Å². The summed E-state index contributed by atoms with van der Waals surface area (Å²) in [4.78, 5) is 13.4. The van der Waals surface area contributed by atoms with Gasteiger partial charge in [0.05, 0.1) is 0 Å². The fourth-order valence-corrected chi connectivity index (χ4v) is 2.40. The second-order valence-corrected chi connectivity index (χ2v) is 4.47. The molecule has 2 heterocycles. The van der Waals surface area contributed by atoms with E-state index in [2.05, 4.69) is 4.90 Å². The second kappa shape index (κ2) is 3.26. The van der Waals surface area contributed by atoms with E-state index < -0.39 is 0 Å². The summed E-state index contributed by atoms with van der Waals surface area (Å²) in [7, 11) is 1.99. The van der Waals surface area contributed by atoms with E-state index >= 15 is 0 Å². The molecule has 0 fully saturated rings. The van der Waals surface area contributed by atoms with Crippen LogP contribution in [0.5, 0.6) is 5.75 Å². The lowest BCUT2D eigenvalue weighted by atomic mass is 10.1. The summed E-state index contributed by atoms with van der Waals surface area (Å²) in [5, 5.41) is 10.8. The Hall–Kier alpha value is -1.97. The maximum Gasteiger partial charge on any atom is 0.194 e. The van der Waals surface area contributed by atoms with Crippen LogP contribution in [0.15, 0.2) is 16.5 Å². The number of hydrogen-bond donors (Lipinski definition) is 1. The van der Waals surface area contributed by atoms with Crippen molar-refractivity contribution in [2.45, 2.75) is 13.3 Å². The van der Waals surface area contributed by atoms with Crippen LogP contribution in [0, 0.1) is 0 Å². The van der Waals surface area contributed by atoms with Crippen molar-refractivity contribution >= 4 is 22.4 Å². The number of phenolic OH excluding ortho intramolecular Hbond substituents is 1. The number of Topliss-reactive ketones (excluding diaryl/α,β-unsaturated/α-hetero) is 1. The van der Waals surface area contributed by atoms with Crippen LogP contribution >= 0.6 is 0 Å². The van der Waals surface area contributed by atoms with E-state index in [0.717, 1.165) is 29.6 Å². The van der Waals surface area contributed by atoms with Crippen LogP contribution in [0.4, 0.5) is 5.69 Å². The van der Waals surface area contributed by atoms with Gasteiger partial charge in [0.1, 0.15) is 0 Å². The van der Waals surface area contributed by atoms with Crippen LogP contribution in [0.25, 0.3) is 11.0 Å². The molecular formula is C13H13NO3. The highest BCUT2D eigenvalue weighted by atomic mass is 16.4. The molecule has 2 aromatic rings. The highest BCUT2D eigenvalue weighted by Gasteiger charge is 2.23. The average molecular weight is 231 g/mol. The minimum atomic E-state index is -0.124. The molecule has 0 saturated carbocycles. The highest BCUT2D eigenvalue weighted by molar-refractivity contribution is 6.00. The van der Waals surface area contributed by atoms with Crippen LogP contribution in [-0.4, -0.2) is 24.5 Å². The van der Waals surface area contributed by atoms with Crippen molar-refractivity contribution < 1.29 is 14.3 Å². The molecule has 4 nitrogen and oxygen atoms in total. The van der Waals surface area contributed by atoms with Gasteiger partial charge < -0.3 is 14.4 Å². The zero-order valence-electron chi connectivity index (χ0n) is 9.78. The zero-order valence-corrected chi connectivity index (χ0v) is 9.78. The first-order valence-corrected chi connectivity index (χ1v) is 5.58. The van der Waals surface area contributed by atoms with Gasteiger partial charge in [0.15, 0.2) is 22.9 Å². The molecular weight excluding hydrogens is 218 g/mol. The lowest BCUT2D eigenvalue weighted by molar-refractivity contribution is 0.0989. The number of carbonyl (C=O) groups is 1. The lowest BCUT2D eigenvalue weighted by Crippen LogP contribution is -2.12. The number of hydrogen-bond acceptors (Lipinski definition) is 4. The molecule has 0 amide bonds. The topological polar surface area (TPSA) is 53.7 Å². The van der Waals surface area contributed by atoms with Crippen molar-refractivity contribution in [1.29, 1.82) is 0 Å². The molecule has 0 unspecified atom stereocenters. The standard InChI is InChI=1S/C13H13NO3/c1-7(15)12-5-9-8-3-4-14(2)10(8)6-11(16)13(9)17-12/h5-6,16H,3-4H2,1-2H3. The Bertz CT molecular complexity index is 627. The van der Waals surface area contributed by atoms with Crippen molar-refractivity contribution in [1.82, 2.24) is 0 Å². The molecule has 0 aliphatic carbocycles. The van der Waals surface area contributed by atoms with E-state index in [1.54, 1.807) is 12.1 Å². The van der Waals surface area contributed by atoms with Gasteiger partial charge in [-0.25, -0.2) is 0 Å². The van der Waals surface area contributed by atoms with Crippen molar-refractivity contribution in [2.75, 3.05) is 18.5 Å². The molecule has 0 spiro atoms. The number of rotatable bonds is 1. The molecule has 0 atom stereocenters. The molecule has 1 aromatic heterocycles. The van der Waals surface area contributed by atoms with Gasteiger partial charge in [0.25, 0.3) is 0 Å². The molecule has 0 saturated heterocycles. The molecule has 0 radical (unpaired) electrons. The average Bonchev–Trinajstić information content (AvgIpc) is 2.84. The highest BCUT2D eigenvalue weighted by Crippen LogP contribution is 2.40. The van der Waals surface area contributed by atoms with E-state index in [1.807, 2.05) is 7.05 Å². The fraction of sp³-hybridized carbons (Fsp3) is 0.308. The molecule has 88 valence electrons. The van der Waals surface area contributed by atoms with Crippen molar-refractivity contribution in [3.63, 3.8) is 0 Å². The predicted octanol–water partition coefficient (Wildman–Crippen LogP) is 2.33. The van der Waals surface area contributed by atoms with Crippen LogP contribution in [-0.2, 0) is 6.42 Å². The SMILES string of the molecule is CC(=O)c1cc2c3c(cc(O)c2o1)N(C)CC3. The number of aromatic hydroxyl groups is 1. The number of nitrogens with zero attached hydrogens (tertiary/aromatic N) is 1. The van der Waals surface area contributed by atoms with Crippen molar-refractivity contribution in [2.24, 2.45) is 0 Å². The van der Waals surface area contributed by atoms with Gasteiger partial charge in [0, 0.05) is 37.7 Å². The number of benzene rings is 1. The Kier molecular flexibility index (Phi) is 1.96. The minimum Gasteiger partial charge on any atom is -0.504 e. The molecule has 0 bridgehead atoms. The number of furan rings is 1. The first-order valence-electron chi connectivity index (χ1n) is 5.58. The Morgan fingerprint density at radius 2 is 2.24 bits per heavy atom. The Labute approximate surface area is 98.4 Å². The summed E-state index contributed by atoms with van der Waals surface area (Å²) >= 11 is 0. The third kappa shape index (κ3) is 1.33. The summed E-state index contributed by atoms with van der Waals surface area (Å²) < 4.78 is 5.40. The number of carbonyl (C=O) groups excluding carboxylic acids is 1. The maximum absolute atomic E-state index is 11.3. The maximum atomic E-state index is 11.3. The molecule has 1 aliphatic heterocycles. The van der Waals surface area contributed by atoms with E-state index in [9.17, 15) is 9.90 Å². The first kappa shape index (κ1) is 10.2. The Morgan fingerprint density at radius 1 is 1.47 bits per heavy atom. The molecule has 1 aromatic carbocycles.